The van der Waals surface area contributed by atoms with E-state index >= 15 is 0 Å². The van der Waals surface area contributed by atoms with Crippen LogP contribution in [0.15, 0.2) is 0 Å². The SMILES string of the molecule is CC(C)CC[N+](C)(CCCS(=O)(=O)O)C(C)C. The molecule has 1 atom stereocenters. The molecule has 0 bridgehead atoms. The summed E-state index contributed by atoms with van der Waals surface area (Å²) in [6, 6.07) is 0.468. The lowest BCUT2D eigenvalue weighted by Gasteiger charge is -2.39. The van der Waals surface area contributed by atoms with Gasteiger partial charge in [-0.05, 0) is 26.2 Å². The first-order valence-corrected chi connectivity index (χ1v) is 7.97. The fourth-order valence-corrected chi connectivity index (χ4v) is 2.28. The molecule has 0 radical (unpaired) electrons. The molecule has 0 aliphatic rings. The van der Waals surface area contributed by atoms with Crippen molar-refractivity contribution in [3.8, 4) is 0 Å². The highest BCUT2D eigenvalue weighted by atomic mass is 32.2. The molecule has 0 spiro atoms. The summed E-state index contributed by atoms with van der Waals surface area (Å²) in [5, 5.41) is 0. The Bertz CT molecular complexity index is 312. The van der Waals surface area contributed by atoms with E-state index in [1.807, 2.05) is 0 Å². The predicted octanol–water partition coefficient (Wildman–Crippen LogP) is 2.17. The van der Waals surface area contributed by atoms with E-state index < -0.39 is 10.1 Å². The molecule has 5 heteroatoms. The Hall–Kier alpha value is -0.130. The Labute approximate surface area is 106 Å². The zero-order valence-electron chi connectivity index (χ0n) is 11.8. The molecule has 0 aromatic heterocycles. The monoisotopic (exact) mass is 266 g/mol. The van der Waals surface area contributed by atoms with Crippen LogP contribution in [0.1, 0.15) is 40.5 Å². The van der Waals surface area contributed by atoms with Gasteiger partial charge in [0.05, 0.1) is 31.9 Å². The van der Waals surface area contributed by atoms with Crippen molar-refractivity contribution < 1.29 is 17.5 Å². The lowest BCUT2D eigenvalue weighted by molar-refractivity contribution is -0.930. The van der Waals surface area contributed by atoms with Crippen molar-refractivity contribution in [2.75, 3.05) is 25.9 Å². The van der Waals surface area contributed by atoms with Gasteiger partial charge in [-0.15, -0.1) is 0 Å². The van der Waals surface area contributed by atoms with Crippen LogP contribution in [0.5, 0.6) is 0 Å². The smallest absolute Gasteiger partial charge is 0.265 e. The lowest BCUT2D eigenvalue weighted by atomic mass is 10.1. The second-order valence-corrected chi connectivity index (χ2v) is 7.41. The van der Waals surface area contributed by atoms with Crippen molar-refractivity contribution in [3.63, 3.8) is 0 Å². The maximum Gasteiger partial charge on any atom is 0.265 e. The number of nitrogens with zero attached hydrogens (tertiary/aromatic N) is 1. The number of hydrogen-bond acceptors (Lipinski definition) is 2. The zero-order valence-corrected chi connectivity index (χ0v) is 12.6. The van der Waals surface area contributed by atoms with Crippen LogP contribution >= 0.6 is 0 Å². The minimum atomic E-state index is -3.81. The number of hydrogen-bond donors (Lipinski definition) is 1. The molecule has 0 aromatic rings. The summed E-state index contributed by atoms with van der Waals surface area (Å²) in [6.07, 6.45) is 1.66. The molecule has 0 saturated carbocycles. The zero-order chi connectivity index (χ0) is 13.7. The Morgan fingerprint density at radius 3 is 2.00 bits per heavy atom. The van der Waals surface area contributed by atoms with Gasteiger partial charge in [-0.1, -0.05) is 13.8 Å². The Kier molecular flexibility index (Phi) is 6.66. The molecule has 1 N–H and O–H groups in total. The second-order valence-electron chi connectivity index (χ2n) is 5.84. The number of quaternary nitrogens is 1. The van der Waals surface area contributed by atoms with Gasteiger partial charge in [0.1, 0.15) is 0 Å². The molecule has 0 aliphatic heterocycles. The lowest BCUT2D eigenvalue weighted by Crippen LogP contribution is -2.51. The third-order valence-corrected chi connectivity index (χ3v) is 4.34. The molecule has 104 valence electrons. The molecule has 1 unspecified atom stereocenters. The number of rotatable bonds is 8. The minimum absolute atomic E-state index is 0.130. The third-order valence-electron chi connectivity index (χ3n) is 3.54. The molecule has 0 aliphatic carbocycles. The van der Waals surface area contributed by atoms with Crippen molar-refractivity contribution in [2.45, 2.75) is 46.6 Å². The van der Waals surface area contributed by atoms with E-state index in [0.717, 1.165) is 24.0 Å². The minimum Gasteiger partial charge on any atom is -0.324 e. The topological polar surface area (TPSA) is 54.4 Å². The van der Waals surface area contributed by atoms with Crippen LogP contribution in [0.3, 0.4) is 0 Å². The van der Waals surface area contributed by atoms with E-state index in [4.69, 9.17) is 4.55 Å². The average Bonchev–Trinajstić information content (AvgIpc) is 2.12. The van der Waals surface area contributed by atoms with Crippen molar-refractivity contribution >= 4 is 10.1 Å². The van der Waals surface area contributed by atoms with Gasteiger partial charge >= 0.3 is 0 Å². The summed E-state index contributed by atoms with van der Waals surface area (Å²) in [4.78, 5) is 0. The predicted molar refractivity (Wildman–Crippen MR) is 71.5 cm³/mol. The van der Waals surface area contributed by atoms with Gasteiger partial charge in [-0.3, -0.25) is 4.55 Å². The molecule has 4 nitrogen and oxygen atoms in total. The average molecular weight is 266 g/mol. The largest absolute Gasteiger partial charge is 0.324 e. The summed E-state index contributed by atoms with van der Waals surface area (Å²) in [5.41, 5.74) is 0. The molecular weight excluding hydrogens is 238 g/mol. The highest BCUT2D eigenvalue weighted by Gasteiger charge is 2.26. The van der Waals surface area contributed by atoms with Gasteiger partial charge in [-0.2, -0.15) is 8.42 Å². The maximum absolute atomic E-state index is 10.7. The standard InChI is InChI=1S/C12H27NO3S/c1-11(2)7-9-13(5,12(3)4)8-6-10-17(14,15)16/h11-12H,6-10H2,1-5H3/p+1. The van der Waals surface area contributed by atoms with Crippen LogP contribution in [-0.4, -0.2) is 49.4 Å². The van der Waals surface area contributed by atoms with Crippen LogP contribution in [-0.2, 0) is 10.1 Å². The Balaban J connectivity index is 4.31. The van der Waals surface area contributed by atoms with Gasteiger partial charge in [0.2, 0.25) is 0 Å². The van der Waals surface area contributed by atoms with Gasteiger partial charge < -0.3 is 4.48 Å². The molecule has 0 amide bonds. The van der Waals surface area contributed by atoms with Crippen LogP contribution < -0.4 is 0 Å². The van der Waals surface area contributed by atoms with Crippen molar-refractivity contribution in [1.82, 2.24) is 0 Å². The van der Waals surface area contributed by atoms with Gasteiger partial charge in [0.15, 0.2) is 0 Å². The van der Waals surface area contributed by atoms with E-state index in [1.165, 1.54) is 0 Å². The summed E-state index contributed by atoms with van der Waals surface area (Å²) < 4.78 is 31.0. The van der Waals surface area contributed by atoms with Crippen molar-refractivity contribution in [1.29, 1.82) is 0 Å². The van der Waals surface area contributed by atoms with Crippen LogP contribution in [0, 0.1) is 5.92 Å². The summed E-state index contributed by atoms with van der Waals surface area (Å²) in [7, 11) is -1.65. The summed E-state index contributed by atoms with van der Waals surface area (Å²) >= 11 is 0. The van der Waals surface area contributed by atoms with Crippen molar-refractivity contribution in [3.05, 3.63) is 0 Å². The first kappa shape index (κ1) is 16.9. The quantitative estimate of drug-likeness (QED) is 0.541. The first-order valence-electron chi connectivity index (χ1n) is 6.36. The van der Waals surface area contributed by atoms with Gasteiger partial charge in [0.25, 0.3) is 10.1 Å². The van der Waals surface area contributed by atoms with Crippen molar-refractivity contribution in [2.24, 2.45) is 5.92 Å². The molecule has 0 saturated heterocycles. The second kappa shape index (κ2) is 6.71. The third kappa shape index (κ3) is 7.73. The highest BCUT2D eigenvalue weighted by molar-refractivity contribution is 7.85. The summed E-state index contributed by atoms with van der Waals surface area (Å²) in [6.45, 7) is 10.6. The highest BCUT2D eigenvalue weighted by Crippen LogP contribution is 2.15. The normalized spacial score (nSPS) is 16.5. The molecule has 0 fully saturated rings. The van der Waals surface area contributed by atoms with Crippen LogP contribution in [0.2, 0.25) is 0 Å². The van der Waals surface area contributed by atoms with E-state index in [9.17, 15) is 8.42 Å². The summed E-state index contributed by atoms with van der Waals surface area (Å²) in [5.74, 6) is 0.530. The van der Waals surface area contributed by atoms with E-state index in [1.54, 1.807) is 0 Å². The van der Waals surface area contributed by atoms with Crippen LogP contribution in [0.25, 0.3) is 0 Å². The fourth-order valence-electron chi connectivity index (χ4n) is 1.79. The molecule has 0 heterocycles. The van der Waals surface area contributed by atoms with E-state index in [-0.39, 0.29) is 5.75 Å². The molecular formula is C12H28NO3S+. The molecule has 0 aromatic carbocycles. The first-order chi connectivity index (χ1) is 7.57. The molecule has 17 heavy (non-hydrogen) atoms. The Morgan fingerprint density at radius 2 is 1.65 bits per heavy atom. The van der Waals surface area contributed by atoms with Gasteiger partial charge in [-0.25, -0.2) is 0 Å². The fraction of sp³-hybridized carbons (Fsp3) is 1.00. The van der Waals surface area contributed by atoms with Gasteiger partial charge in [0, 0.05) is 6.42 Å². The van der Waals surface area contributed by atoms with Crippen LogP contribution in [0.4, 0.5) is 0 Å². The Morgan fingerprint density at radius 1 is 1.12 bits per heavy atom. The molecule has 0 rings (SSSR count). The van der Waals surface area contributed by atoms with E-state index in [2.05, 4.69) is 34.7 Å². The maximum atomic E-state index is 10.7. The van der Waals surface area contributed by atoms with E-state index in [0.29, 0.717) is 18.4 Å².